The van der Waals surface area contributed by atoms with Crippen LogP contribution in [-0.4, -0.2) is 36.8 Å². The molecular weight excluding hydrogens is 300 g/mol. The molecule has 0 saturated carbocycles. The van der Waals surface area contributed by atoms with Gasteiger partial charge in [0.1, 0.15) is 25.1 Å². The molecule has 0 bridgehead atoms. The van der Waals surface area contributed by atoms with Crippen LogP contribution in [0.2, 0.25) is 0 Å². The van der Waals surface area contributed by atoms with Gasteiger partial charge in [-0.3, -0.25) is 4.79 Å². The average Bonchev–Trinajstić information content (AvgIpc) is 2.53. The lowest BCUT2D eigenvalue weighted by Gasteiger charge is -2.08. The fourth-order valence-electron chi connectivity index (χ4n) is 1.48. The first-order valence-corrected chi connectivity index (χ1v) is 6.90. The quantitative estimate of drug-likeness (QED) is 0.580. The standard InChI is InChI=1S/C15H20N4O4/c1-5-22-19-14(15(16)20)12-8-6-7-9-13(12)23-18-11(3)10(2)17-21-4/h6-9H,5H2,1-4H3,(H2,16,20)/b17-10+,18-11+,19-14-. The number of primary amides is 1. The van der Waals surface area contributed by atoms with Gasteiger partial charge in [0, 0.05) is 0 Å². The van der Waals surface area contributed by atoms with Crippen LogP contribution in [-0.2, 0) is 14.5 Å². The number of benzene rings is 1. The topological polar surface area (TPSA) is 108 Å². The molecule has 0 atom stereocenters. The van der Waals surface area contributed by atoms with Gasteiger partial charge < -0.3 is 20.2 Å². The summed E-state index contributed by atoms with van der Waals surface area (Å²) in [4.78, 5) is 26.6. The Balaban J connectivity index is 3.13. The molecule has 0 saturated heterocycles. The third-order valence-electron chi connectivity index (χ3n) is 2.69. The summed E-state index contributed by atoms with van der Waals surface area (Å²) >= 11 is 0. The summed E-state index contributed by atoms with van der Waals surface area (Å²) in [5, 5.41) is 11.4. The van der Waals surface area contributed by atoms with Crippen LogP contribution in [0.3, 0.4) is 0 Å². The molecule has 0 aliphatic heterocycles. The largest absolute Gasteiger partial charge is 0.399 e. The summed E-state index contributed by atoms with van der Waals surface area (Å²) in [5.41, 5.74) is 6.76. The minimum Gasteiger partial charge on any atom is -0.399 e. The highest BCUT2D eigenvalue weighted by atomic mass is 16.6. The van der Waals surface area contributed by atoms with Crippen molar-refractivity contribution < 1.29 is 19.3 Å². The highest BCUT2D eigenvalue weighted by molar-refractivity contribution is 6.45. The number of para-hydroxylation sites is 1. The van der Waals surface area contributed by atoms with Gasteiger partial charge in [0.15, 0.2) is 11.5 Å². The smallest absolute Gasteiger partial charge is 0.271 e. The SMILES string of the molecule is CCO/N=C(\C(N)=O)c1ccccc1O/N=C(C)/C(C)=N/OC. The number of carbonyl (C=O) groups excluding carboxylic acids is 1. The number of nitrogens with zero attached hydrogens (tertiary/aromatic N) is 3. The second-order valence-electron chi connectivity index (χ2n) is 4.35. The van der Waals surface area contributed by atoms with Crippen LogP contribution in [0, 0.1) is 0 Å². The third-order valence-corrected chi connectivity index (χ3v) is 2.69. The number of oxime groups is 3. The molecule has 0 unspecified atom stereocenters. The Hall–Kier alpha value is -2.90. The van der Waals surface area contributed by atoms with Crippen LogP contribution < -0.4 is 10.6 Å². The van der Waals surface area contributed by atoms with Crippen LogP contribution >= 0.6 is 0 Å². The number of hydrogen-bond acceptors (Lipinski definition) is 7. The lowest BCUT2D eigenvalue weighted by atomic mass is 10.1. The molecule has 23 heavy (non-hydrogen) atoms. The Morgan fingerprint density at radius 3 is 2.39 bits per heavy atom. The van der Waals surface area contributed by atoms with Crippen molar-refractivity contribution in [2.75, 3.05) is 13.7 Å². The van der Waals surface area contributed by atoms with Crippen LogP contribution in [0.15, 0.2) is 39.7 Å². The summed E-state index contributed by atoms with van der Waals surface area (Å²) < 4.78 is 0. The number of carbonyl (C=O) groups is 1. The molecule has 0 aliphatic rings. The molecule has 2 N–H and O–H groups in total. The lowest BCUT2D eigenvalue weighted by Crippen LogP contribution is -2.25. The van der Waals surface area contributed by atoms with E-state index >= 15 is 0 Å². The monoisotopic (exact) mass is 320 g/mol. The normalized spacial score (nSPS) is 12.8. The van der Waals surface area contributed by atoms with Crippen LogP contribution in [0.1, 0.15) is 26.3 Å². The average molecular weight is 320 g/mol. The van der Waals surface area contributed by atoms with E-state index in [1.165, 1.54) is 7.11 Å². The Morgan fingerprint density at radius 2 is 1.78 bits per heavy atom. The van der Waals surface area contributed by atoms with Crippen molar-refractivity contribution in [3.05, 3.63) is 29.8 Å². The first-order chi connectivity index (χ1) is 11.0. The van der Waals surface area contributed by atoms with E-state index in [1.807, 2.05) is 0 Å². The van der Waals surface area contributed by atoms with Gasteiger partial charge in [-0.25, -0.2) is 0 Å². The van der Waals surface area contributed by atoms with Gasteiger partial charge in [-0.1, -0.05) is 27.6 Å². The van der Waals surface area contributed by atoms with Gasteiger partial charge >= 0.3 is 0 Å². The second-order valence-corrected chi connectivity index (χ2v) is 4.35. The fourth-order valence-corrected chi connectivity index (χ4v) is 1.48. The van der Waals surface area contributed by atoms with Crippen molar-refractivity contribution in [3.8, 4) is 5.75 Å². The maximum absolute atomic E-state index is 11.6. The summed E-state index contributed by atoms with van der Waals surface area (Å²) in [5.74, 6) is -0.415. The van der Waals surface area contributed by atoms with Crippen molar-refractivity contribution in [2.24, 2.45) is 21.2 Å². The Labute approximate surface area is 134 Å². The summed E-state index contributed by atoms with van der Waals surface area (Å²) in [6.07, 6.45) is 0. The van der Waals surface area contributed by atoms with Crippen molar-refractivity contribution in [2.45, 2.75) is 20.8 Å². The van der Waals surface area contributed by atoms with Crippen molar-refractivity contribution in [1.29, 1.82) is 0 Å². The molecule has 0 spiro atoms. The maximum Gasteiger partial charge on any atom is 0.271 e. The number of hydrogen-bond donors (Lipinski definition) is 1. The van der Waals surface area contributed by atoms with Crippen LogP contribution in [0.25, 0.3) is 0 Å². The third kappa shape index (κ3) is 5.42. The van der Waals surface area contributed by atoms with E-state index in [2.05, 4.69) is 20.3 Å². The zero-order valence-corrected chi connectivity index (χ0v) is 13.6. The Kier molecular flexibility index (Phi) is 7.25. The van der Waals surface area contributed by atoms with Gasteiger partial charge in [0.2, 0.25) is 0 Å². The first kappa shape index (κ1) is 18.1. The van der Waals surface area contributed by atoms with Crippen molar-refractivity contribution >= 4 is 23.0 Å². The molecule has 0 heterocycles. The first-order valence-electron chi connectivity index (χ1n) is 6.90. The molecule has 1 aromatic carbocycles. The molecule has 8 heteroatoms. The number of amides is 1. The van der Waals surface area contributed by atoms with Gasteiger partial charge in [0.05, 0.1) is 5.56 Å². The molecule has 8 nitrogen and oxygen atoms in total. The van der Waals surface area contributed by atoms with Crippen LogP contribution in [0.5, 0.6) is 5.75 Å². The molecule has 0 radical (unpaired) electrons. The molecule has 124 valence electrons. The van der Waals surface area contributed by atoms with Crippen LogP contribution in [0.4, 0.5) is 0 Å². The van der Waals surface area contributed by atoms with Gasteiger partial charge in [-0.15, -0.1) is 0 Å². The molecule has 0 aromatic heterocycles. The molecule has 0 fully saturated rings. The Morgan fingerprint density at radius 1 is 1.13 bits per heavy atom. The molecule has 1 amide bonds. The maximum atomic E-state index is 11.6. The van der Waals surface area contributed by atoms with Gasteiger partial charge in [-0.05, 0) is 32.9 Å². The van der Waals surface area contributed by atoms with Gasteiger partial charge in [-0.2, -0.15) is 0 Å². The van der Waals surface area contributed by atoms with E-state index in [0.717, 1.165) is 0 Å². The number of rotatable bonds is 8. The van der Waals surface area contributed by atoms with E-state index in [1.54, 1.807) is 45.0 Å². The Bertz CT molecular complexity index is 638. The van der Waals surface area contributed by atoms with Crippen molar-refractivity contribution in [1.82, 2.24) is 0 Å². The predicted octanol–water partition coefficient (Wildman–Crippen LogP) is 1.69. The van der Waals surface area contributed by atoms with E-state index in [4.69, 9.17) is 15.4 Å². The molecule has 1 rings (SSSR count). The highest BCUT2D eigenvalue weighted by Crippen LogP contribution is 2.19. The second kappa shape index (κ2) is 9.19. The summed E-state index contributed by atoms with van der Waals surface area (Å²) in [6, 6.07) is 6.73. The minimum absolute atomic E-state index is 0.0439. The predicted molar refractivity (Wildman–Crippen MR) is 87.7 cm³/mol. The van der Waals surface area contributed by atoms with E-state index < -0.39 is 5.91 Å². The molecule has 1 aromatic rings. The minimum atomic E-state index is -0.729. The van der Waals surface area contributed by atoms with E-state index in [9.17, 15) is 4.79 Å². The molecular formula is C15H20N4O4. The molecule has 0 aliphatic carbocycles. The number of nitrogens with two attached hydrogens (primary N) is 1. The van der Waals surface area contributed by atoms with E-state index in [-0.39, 0.29) is 5.71 Å². The van der Waals surface area contributed by atoms with E-state index in [0.29, 0.717) is 29.3 Å². The van der Waals surface area contributed by atoms with Gasteiger partial charge in [0.25, 0.3) is 5.91 Å². The summed E-state index contributed by atoms with van der Waals surface area (Å²) in [7, 11) is 1.44. The highest BCUT2D eigenvalue weighted by Gasteiger charge is 2.17. The fraction of sp³-hybridized carbons (Fsp3) is 0.333. The van der Waals surface area contributed by atoms with Crippen molar-refractivity contribution in [3.63, 3.8) is 0 Å². The zero-order chi connectivity index (χ0) is 17.2. The lowest BCUT2D eigenvalue weighted by molar-refractivity contribution is -0.112. The zero-order valence-electron chi connectivity index (χ0n) is 13.6. The summed E-state index contributed by atoms with van der Waals surface area (Å²) in [6.45, 7) is 5.49.